The van der Waals surface area contributed by atoms with Gasteiger partial charge in [-0.25, -0.2) is 4.57 Å². The van der Waals surface area contributed by atoms with Gasteiger partial charge in [0.05, 0.1) is 19.5 Å². The van der Waals surface area contributed by atoms with Crippen LogP contribution in [-0.2, 0) is 27.9 Å². The number of phosphoric acid groups is 1. The van der Waals surface area contributed by atoms with Crippen LogP contribution in [0.2, 0.25) is 0 Å². The molecule has 0 bridgehead atoms. The monoisotopic (exact) mass is 778 g/mol. The Hall–Kier alpha value is -2.22. The Kier molecular flexibility index (Phi) is 40.2. The number of allylic oxidation sites excluding steroid dienone is 11. The molecule has 54 heavy (non-hydrogen) atoms. The summed E-state index contributed by atoms with van der Waals surface area (Å²) < 4.78 is 33.2. The van der Waals surface area contributed by atoms with E-state index in [1.54, 1.807) is 6.26 Å². The molecule has 0 aromatic carbocycles. The first-order valence-corrected chi connectivity index (χ1v) is 23.0. The Morgan fingerprint density at radius 2 is 1.00 bits per heavy atom. The van der Waals surface area contributed by atoms with Gasteiger partial charge in [0.1, 0.15) is 6.61 Å². The van der Waals surface area contributed by atoms with E-state index >= 15 is 0 Å². The first kappa shape index (κ1) is 51.8. The summed E-state index contributed by atoms with van der Waals surface area (Å²) in [6.07, 6.45) is 53.0. The first-order chi connectivity index (χ1) is 26.4. The standard InChI is InChI=1S/C45H80NO7P/c1-3-5-7-9-11-13-15-17-19-21-22-23-24-26-28-30-32-34-36-38-45(47)51-42-44(43-53-54(48,49)52-41-39-46)50-40-37-35-33-31-29-27-25-20-18-16-14-12-10-8-6-4-2/h11,13-14,16-17,19,22-23,26,28,37,40,44H,3-10,12,15,18,20-21,24-25,27,29-36,38-39,41-43,46H2,1-2H3,(H,48,49)/b13-11-,16-14-,19-17-,23-22-,28-26-,40-37-/t44-/m1/s1. The van der Waals surface area contributed by atoms with E-state index < -0.39 is 13.9 Å². The minimum Gasteiger partial charge on any atom is -0.492 e. The zero-order chi connectivity index (χ0) is 39.5. The van der Waals surface area contributed by atoms with Gasteiger partial charge in [0.25, 0.3) is 0 Å². The van der Waals surface area contributed by atoms with Crippen molar-refractivity contribution in [2.24, 2.45) is 5.73 Å². The number of carbonyl (C=O) groups is 1. The minimum absolute atomic E-state index is 0.0870. The van der Waals surface area contributed by atoms with Crippen LogP contribution in [0.1, 0.15) is 174 Å². The lowest BCUT2D eigenvalue weighted by Crippen LogP contribution is -2.25. The van der Waals surface area contributed by atoms with Gasteiger partial charge in [-0.3, -0.25) is 13.8 Å². The van der Waals surface area contributed by atoms with E-state index in [9.17, 15) is 14.3 Å². The zero-order valence-corrected chi connectivity index (χ0v) is 35.3. The molecule has 0 saturated heterocycles. The number of unbranched alkanes of at least 4 members (excludes halogenated alkanes) is 17. The average Bonchev–Trinajstić information content (AvgIpc) is 3.16. The zero-order valence-electron chi connectivity index (χ0n) is 34.4. The van der Waals surface area contributed by atoms with Crippen LogP contribution >= 0.6 is 7.82 Å². The number of carbonyl (C=O) groups excluding carboxylic acids is 1. The summed E-state index contributed by atoms with van der Waals surface area (Å²) in [5, 5.41) is 0. The molecule has 1 unspecified atom stereocenters. The highest BCUT2D eigenvalue weighted by Gasteiger charge is 2.24. The normalized spacial score (nSPS) is 14.1. The highest BCUT2D eigenvalue weighted by molar-refractivity contribution is 7.47. The van der Waals surface area contributed by atoms with Gasteiger partial charge >= 0.3 is 13.8 Å². The van der Waals surface area contributed by atoms with E-state index in [2.05, 4.69) is 74.6 Å². The Balaban J connectivity index is 4.18. The highest BCUT2D eigenvalue weighted by Crippen LogP contribution is 2.43. The molecule has 0 heterocycles. The van der Waals surface area contributed by atoms with Gasteiger partial charge in [-0.15, -0.1) is 0 Å². The van der Waals surface area contributed by atoms with E-state index in [0.717, 1.165) is 64.2 Å². The predicted octanol–water partition coefficient (Wildman–Crippen LogP) is 13.1. The second kappa shape index (κ2) is 41.9. The summed E-state index contributed by atoms with van der Waals surface area (Å²) in [5.74, 6) is -0.324. The molecule has 3 N–H and O–H groups in total. The molecule has 8 nitrogen and oxygen atoms in total. The van der Waals surface area contributed by atoms with E-state index in [0.29, 0.717) is 6.42 Å². The number of hydrogen-bond acceptors (Lipinski definition) is 7. The minimum atomic E-state index is -4.28. The fraction of sp³-hybridized carbons (Fsp3) is 0.711. The summed E-state index contributed by atoms with van der Waals surface area (Å²) in [7, 11) is -4.28. The largest absolute Gasteiger partial charge is 0.492 e. The number of rotatable bonds is 40. The number of ether oxygens (including phenoxy) is 2. The van der Waals surface area contributed by atoms with Gasteiger partial charge in [0, 0.05) is 13.0 Å². The maximum absolute atomic E-state index is 12.4. The van der Waals surface area contributed by atoms with Gasteiger partial charge in [-0.1, -0.05) is 139 Å². The molecule has 0 amide bonds. The number of hydrogen-bond donors (Lipinski definition) is 2. The van der Waals surface area contributed by atoms with Crippen LogP contribution in [0.3, 0.4) is 0 Å². The second-order valence-electron chi connectivity index (χ2n) is 13.9. The van der Waals surface area contributed by atoms with Crippen molar-refractivity contribution in [3.05, 3.63) is 73.1 Å². The fourth-order valence-corrected chi connectivity index (χ4v) is 6.19. The molecule has 2 atom stereocenters. The molecule has 0 rings (SSSR count). The predicted molar refractivity (Wildman–Crippen MR) is 228 cm³/mol. The van der Waals surface area contributed by atoms with E-state index in [-0.39, 0.29) is 32.3 Å². The molecule has 0 aromatic rings. The Bertz CT molecular complexity index is 1050. The molecule has 0 aliphatic heterocycles. The molecule has 0 aliphatic carbocycles. The third-order valence-corrected chi connectivity index (χ3v) is 9.67. The summed E-state index contributed by atoms with van der Waals surface area (Å²) in [5.41, 5.74) is 5.36. The van der Waals surface area contributed by atoms with Crippen molar-refractivity contribution in [2.75, 3.05) is 26.4 Å². The fourth-order valence-electron chi connectivity index (χ4n) is 5.43. The van der Waals surface area contributed by atoms with Crippen LogP contribution in [0, 0.1) is 0 Å². The molecule has 0 radical (unpaired) electrons. The quantitative estimate of drug-likeness (QED) is 0.0208. The summed E-state index contributed by atoms with van der Waals surface area (Å²) in [4.78, 5) is 22.3. The summed E-state index contributed by atoms with van der Waals surface area (Å²) in [6.45, 7) is 4.12. The van der Waals surface area contributed by atoms with E-state index in [1.807, 2.05) is 6.08 Å². The van der Waals surface area contributed by atoms with Crippen LogP contribution < -0.4 is 5.73 Å². The van der Waals surface area contributed by atoms with Gasteiger partial charge in [-0.2, -0.15) is 0 Å². The van der Waals surface area contributed by atoms with Crippen molar-refractivity contribution in [3.8, 4) is 0 Å². The molecule has 312 valence electrons. The molecule has 0 aromatic heterocycles. The molecule has 0 aliphatic rings. The molecule has 0 saturated carbocycles. The number of esters is 1. The first-order valence-electron chi connectivity index (χ1n) is 21.5. The third kappa shape index (κ3) is 41.0. The Morgan fingerprint density at radius 1 is 0.574 bits per heavy atom. The Morgan fingerprint density at radius 3 is 1.54 bits per heavy atom. The van der Waals surface area contributed by atoms with Crippen molar-refractivity contribution in [2.45, 2.75) is 180 Å². The lowest BCUT2D eigenvalue weighted by molar-refractivity contribution is -0.147. The maximum Gasteiger partial charge on any atom is 0.472 e. The second-order valence-corrected chi connectivity index (χ2v) is 15.4. The SMILES string of the molecule is CCCCC/C=C\C/C=C\C/C=C\C/C=C\CCCCCC(=O)OC[C@H](COP(=O)(O)OCCN)O/C=C\CCCCCCCC/C=C\CCCCCC. The van der Waals surface area contributed by atoms with Crippen molar-refractivity contribution in [1.82, 2.24) is 0 Å². The van der Waals surface area contributed by atoms with Crippen molar-refractivity contribution in [1.29, 1.82) is 0 Å². The molecular weight excluding hydrogens is 697 g/mol. The summed E-state index contributed by atoms with van der Waals surface area (Å²) >= 11 is 0. The summed E-state index contributed by atoms with van der Waals surface area (Å²) in [6, 6.07) is 0. The van der Waals surface area contributed by atoms with Crippen LogP contribution in [0.25, 0.3) is 0 Å². The van der Waals surface area contributed by atoms with Gasteiger partial charge < -0.3 is 20.1 Å². The van der Waals surface area contributed by atoms with Crippen molar-refractivity contribution in [3.63, 3.8) is 0 Å². The van der Waals surface area contributed by atoms with Gasteiger partial charge in [0.15, 0.2) is 6.10 Å². The van der Waals surface area contributed by atoms with E-state index in [4.69, 9.17) is 24.3 Å². The average molecular weight is 778 g/mol. The van der Waals surface area contributed by atoms with Gasteiger partial charge in [-0.05, 0) is 96.0 Å². The molecular formula is C45H80NO7P. The van der Waals surface area contributed by atoms with Crippen LogP contribution in [-0.4, -0.2) is 43.3 Å². The molecule has 0 spiro atoms. The highest BCUT2D eigenvalue weighted by atomic mass is 31.2. The smallest absolute Gasteiger partial charge is 0.472 e. The lowest BCUT2D eigenvalue weighted by atomic mass is 10.1. The van der Waals surface area contributed by atoms with Crippen molar-refractivity contribution < 1.29 is 32.8 Å². The molecule has 9 heteroatoms. The van der Waals surface area contributed by atoms with Crippen LogP contribution in [0.4, 0.5) is 0 Å². The molecule has 0 fully saturated rings. The Labute approximate surface area is 331 Å². The number of phosphoric ester groups is 1. The third-order valence-electron chi connectivity index (χ3n) is 8.69. The number of nitrogens with two attached hydrogens (primary N) is 1. The maximum atomic E-state index is 12.4. The van der Waals surface area contributed by atoms with E-state index in [1.165, 1.54) is 89.9 Å². The topological polar surface area (TPSA) is 117 Å². The van der Waals surface area contributed by atoms with Crippen LogP contribution in [0.15, 0.2) is 73.1 Å². The van der Waals surface area contributed by atoms with Crippen molar-refractivity contribution >= 4 is 13.8 Å². The van der Waals surface area contributed by atoms with Crippen LogP contribution in [0.5, 0.6) is 0 Å². The lowest BCUT2D eigenvalue weighted by Gasteiger charge is -2.19. The van der Waals surface area contributed by atoms with Gasteiger partial charge in [0.2, 0.25) is 0 Å².